The third kappa shape index (κ3) is 5.65. The Morgan fingerprint density at radius 1 is 0.974 bits per heavy atom. The molecule has 0 saturated carbocycles. The minimum absolute atomic E-state index is 0.138. The molecule has 0 spiro atoms. The van der Waals surface area contributed by atoms with Gasteiger partial charge in [0.15, 0.2) is 16.1 Å². The van der Waals surface area contributed by atoms with E-state index < -0.39 is 0 Å². The van der Waals surface area contributed by atoms with Crippen LogP contribution in [0.5, 0.6) is 0 Å². The molecule has 0 aliphatic heterocycles. The Kier molecular flexibility index (Phi) is 7.87. The van der Waals surface area contributed by atoms with E-state index in [-0.39, 0.29) is 11.7 Å². The average molecular weight is 558 g/mol. The van der Waals surface area contributed by atoms with Gasteiger partial charge in [0.1, 0.15) is 0 Å². The van der Waals surface area contributed by atoms with Crippen molar-refractivity contribution >= 4 is 45.5 Å². The van der Waals surface area contributed by atoms with Crippen LogP contribution in [0.25, 0.3) is 33.8 Å². The van der Waals surface area contributed by atoms with Gasteiger partial charge in [-0.15, -0.1) is 39.4 Å². The Morgan fingerprint density at radius 3 is 2.34 bits per heavy atom. The van der Waals surface area contributed by atoms with Crippen LogP contribution >= 0.6 is 34.4 Å². The summed E-state index contributed by atoms with van der Waals surface area (Å²) >= 11 is 4.47. The Morgan fingerprint density at radius 2 is 1.66 bits per heavy atom. The number of thiophene rings is 1. The summed E-state index contributed by atoms with van der Waals surface area (Å²) < 4.78 is 2.02. The molecule has 9 heteroatoms. The van der Waals surface area contributed by atoms with E-state index in [1.165, 1.54) is 39.1 Å². The molecule has 1 amide bonds. The molecule has 2 aromatic carbocycles. The molecule has 0 saturated heterocycles. The number of thioether (sulfide) groups is 1. The monoisotopic (exact) mass is 557 g/mol. The molecule has 0 aliphatic rings. The van der Waals surface area contributed by atoms with E-state index in [4.69, 9.17) is 0 Å². The normalized spacial score (nSPS) is 11.0. The highest BCUT2D eigenvalue weighted by Crippen LogP contribution is 2.39. The number of anilines is 1. The van der Waals surface area contributed by atoms with Gasteiger partial charge in [-0.25, -0.2) is 4.98 Å². The van der Waals surface area contributed by atoms with Crippen LogP contribution in [0.15, 0.2) is 77.1 Å². The lowest BCUT2D eigenvalue weighted by molar-refractivity contribution is -0.113. The molecule has 0 aliphatic carbocycles. The first-order valence-corrected chi connectivity index (χ1v) is 14.8. The molecule has 0 atom stereocenters. The number of aromatic nitrogens is 4. The van der Waals surface area contributed by atoms with Crippen LogP contribution in [-0.4, -0.2) is 31.4 Å². The first-order valence-electron chi connectivity index (χ1n) is 12.1. The predicted molar refractivity (Wildman–Crippen MR) is 160 cm³/mol. The highest BCUT2D eigenvalue weighted by molar-refractivity contribution is 7.99. The highest BCUT2D eigenvalue weighted by Gasteiger charge is 2.21. The van der Waals surface area contributed by atoms with Crippen molar-refractivity contribution in [2.45, 2.75) is 32.5 Å². The number of amides is 1. The maximum Gasteiger partial charge on any atom is 0.236 e. The molecular formula is C29H27N5OS3. The van der Waals surface area contributed by atoms with Crippen LogP contribution in [0, 0.1) is 20.8 Å². The number of nitrogens with one attached hydrogen (secondary N) is 1. The molecule has 5 aromatic rings. The number of benzene rings is 2. The van der Waals surface area contributed by atoms with Crippen molar-refractivity contribution in [2.75, 3.05) is 11.1 Å². The van der Waals surface area contributed by atoms with Crippen LogP contribution in [-0.2, 0) is 11.3 Å². The van der Waals surface area contributed by atoms with Crippen LogP contribution in [0.3, 0.4) is 0 Å². The van der Waals surface area contributed by atoms with Gasteiger partial charge in [0.25, 0.3) is 0 Å². The molecule has 0 radical (unpaired) electrons. The molecular weight excluding hydrogens is 531 g/mol. The van der Waals surface area contributed by atoms with Gasteiger partial charge in [-0.3, -0.25) is 9.36 Å². The zero-order valence-electron chi connectivity index (χ0n) is 21.4. The highest BCUT2D eigenvalue weighted by atomic mass is 32.2. The van der Waals surface area contributed by atoms with Crippen LogP contribution < -0.4 is 5.32 Å². The second-order valence-electron chi connectivity index (χ2n) is 8.89. The lowest BCUT2D eigenvalue weighted by atomic mass is 10.0. The molecule has 3 aromatic heterocycles. The first kappa shape index (κ1) is 26.1. The maximum atomic E-state index is 12.8. The summed E-state index contributed by atoms with van der Waals surface area (Å²) in [5.41, 5.74) is 7.65. The molecule has 6 nitrogen and oxygen atoms in total. The van der Waals surface area contributed by atoms with Gasteiger partial charge in [0.2, 0.25) is 5.91 Å². The van der Waals surface area contributed by atoms with Crippen molar-refractivity contribution in [3.05, 3.63) is 88.0 Å². The number of carbonyl (C=O) groups excluding carboxylic acids is 1. The largest absolute Gasteiger partial charge is 0.301 e. The lowest BCUT2D eigenvalue weighted by Crippen LogP contribution is -2.14. The van der Waals surface area contributed by atoms with E-state index in [2.05, 4.69) is 89.6 Å². The quantitative estimate of drug-likeness (QED) is 0.149. The minimum Gasteiger partial charge on any atom is -0.301 e. The summed E-state index contributed by atoms with van der Waals surface area (Å²) in [5.74, 6) is 0.832. The second-order valence-corrected chi connectivity index (χ2v) is 11.8. The fourth-order valence-electron chi connectivity index (χ4n) is 4.06. The fraction of sp³-hybridized carbons (Fsp3) is 0.172. The van der Waals surface area contributed by atoms with Crippen molar-refractivity contribution in [1.82, 2.24) is 19.7 Å². The van der Waals surface area contributed by atoms with Crippen molar-refractivity contribution in [2.24, 2.45) is 0 Å². The smallest absolute Gasteiger partial charge is 0.236 e. The summed E-state index contributed by atoms with van der Waals surface area (Å²) in [6.45, 7) is 10.7. The summed E-state index contributed by atoms with van der Waals surface area (Å²) in [6.07, 6.45) is 1.82. The van der Waals surface area contributed by atoms with Gasteiger partial charge in [-0.2, -0.15) is 0 Å². The Bertz CT molecular complexity index is 1580. The molecule has 1 N–H and O–H groups in total. The van der Waals surface area contributed by atoms with Crippen molar-refractivity contribution in [1.29, 1.82) is 0 Å². The zero-order valence-corrected chi connectivity index (χ0v) is 23.8. The lowest BCUT2D eigenvalue weighted by Gasteiger charge is -2.10. The van der Waals surface area contributed by atoms with Crippen LogP contribution in [0.1, 0.15) is 16.0 Å². The summed E-state index contributed by atoms with van der Waals surface area (Å²) in [5, 5.41) is 17.2. The van der Waals surface area contributed by atoms with Gasteiger partial charge in [0, 0.05) is 38.9 Å². The summed E-state index contributed by atoms with van der Waals surface area (Å²) in [4.78, 5) is 18.5. The zero-order chi connectivity index (χ0) is 26.6. The Hall–Kier alpha value is -3.53. The molecule has 3 heterocycles. The van der Waals surface area contributed by atoms with Gasteiger partial charge in [-0.1, -0.05) is 77.5 Å². The summed E-state index contributed by atoms with van der Waals surface area (Å²) in [7, 11) is 0. The Labute approximate surface area is 234 Å². The molecule has 0 unspecified atom stereocenters. The van der Waals surface area contributed by atoms with Gasteiger partial charge >= 0.3 is 0 Å². The number of hydrogen-bond acceptors (Lipinski definition) is 7. The van der Waals surface area contributed by atoms with E-state index in [1.807, 2.05) is 28.2 Å². The number of thiazole rings is 1. The number of carbonyl (C=O) groups is 1. The van der Waals surface area contributed by atoms with Gasteiger partial charge in [-0.05, 0) is 26.3 Å². The van der Waals surface area contributed by atoms with Crippen LogP contribution in [0.4, 0.5) is 5.13 Å². The number of hydrogen-bond donors (Lipinski definition) is 1. The van der Waals surface area contributed by atoms with Crippen molar-refractivity contribution < 1.29 is 4.79 Å². The van der Waals surface area contributed by atoms with E-state index >= 15 is 0 Å². The van der Waals surface area contributed by atoms with E-state index in [0.717, 1.165) is 33.8 Å². The maximum absolute atomic E-state index is 12.8. The Balaban J connectivity index is 1.31. The topological polar surface area (TPSA) is 72.7 Å². The standard InChI is InChI=1S/C29H27N5OS3/c1-5-14-34-27(23-15-36-20(4)26(23)22-12-8-19(3)9-13-22)32-33-29(34)38-17-25(35)31-28-30-24(16-37-28)21-10-6-18(2)7-11-21/h5-13,15-16H,1,14,17H2,2-4H3,(H,30,31,35). The van der Waals surface area contributed by atoms with Crippen molar-refractivity contribution in [3.63, 3.8) is 0 Å². The third-order valence-corrected chi connectivity index (χ3v) is 8.65. The van der Waals surface area contributed by atoms with E-state index in [0.29, 0.717) is 16.8 Å². The number of aryl methyl sites for hydroxylation is 3. The molecule has 192 valence electrons. The predicted octanol–water partition coefficient (Wildman–Crippen LogP) is 7.64. The first-order chi connectivity index (χ1) is 18.4. The third-order valence-electron chi connectivity index (χ3n) is 6.01. The van der Waals surface area contributed by atoms with Gasteiger partial charge in [0.05, 0.1) is 11.4 Å². The molecule has 38 heavy (non-hydrogen) atoms. The van der Waals surface area contributed by atoms with Crippen molar-refractivity contribution in [3.8, 4) is 33.8 Å². The second kappa shape index (κ2) is 11.5. The van der Waals surface area contributed by atoms with E-state index in [9.17, 15) is 4.79 Å². The fourth-order valence-corrected chi connectivity index (χ4v) is 6.41. The number of nitrogens with zero attached hydrogens (tertiary/aromatic N) is 4. The molecule has 5 rings (SSSR count). The SMILES string of the molecule is C=CCn1c(SCC(=O)Nc2nc(-c3ccc(C)cc3)cs2)nnc1-c1csc(C)c1-c1ccc(C)cc1. The summed E-state index contributed by atoms with van der Waals surface area (Å²) in [6, 6.07) is 16.7. The number of rotatable bonds is 9. The van der Waals surface area contributed by atoms with Crippen LogP contribution in [0.2, 0.25) is 0 Å². The molecule has 0 fully saturated rings. The van der Waals surface area contributed by atoms with E-state index in [1.54, 1.807) is 11.3 Å². The van der Waals surface area contributed by atoms with Gasteiger partial charge < -0.3 is 5.32 Å². The average Bonchev–Trinajstić information content (AvgIpc) is 3.63. The number of allylic oxidation sites excluding steroid dienone is 1. The molecule has 0 bridgehead atoms. The minimum atomic E-state index is -0.138.